The van der Waals surface area contributed by atoms with E-state index in [0.29, 0.717) is 17.5 Å². The molecule has 1 N–H and O–H groups in total. The molecule has 1 heterocycles. The lowest BCUT2D eigenvalue weighted by Gasteiger charge is -2.38. The molecule has 1 aromatic carbocycles. The van der Waals surface area contributed by atoms with Crippen LogP contribution in [-0.2, 0) is 6.42 Å². The number of halogens is 2. The van der Waals surface area contributed by atoms with Crippen LogP contribution in [0.25, 0.3) is 0 Å². The summed E-state index contributed by atoms with van der Waals surface area (Å²) in [4.78, 5) is 2.40. The molecule has 118 valence electrons. The minimum absolute atomic E-state index is 0.197. The lowest BCUT2D eigenvalue weighted by molar-refractivity contribution is 0.213. The molecule has 2 unspecified atom stereocenters. The number of nitrogens with zero attached hydrogens (tertiary/aromatic N) is 1. The van der Waals surface area contributed by atoms with E-state index >= 15 is 0 Å². The number of likely N-dealkylation sites (N-methyl/N-ethyl adjacent to an activating group) is 1. The van der Waals surface area contributed by atoms with Crippen LogP contribution in [0.15, 0.2) is 18.2 Å². The number of nitrogens with one attached hydrogen (secondary N) is 1. The molecule has 2 rings (SSSR count). The van der Waals surface area contributed by atoms with Gasteiger partial charge in [-0.3, -0.25) is 0 Å². The van der Waals surface area contributed by atoms with Crippen molar-refractivity contribution in [2.24, 2.45) is 0 Å². The van der Waals surface area contributed by atoms with Crippen LogP contribution in [0.3, 0.4) is 0 Å². The summed E-state index contributed by atoms with van der Waals surface area (Å²) < 4.78 is 14.1. The molecule has 0 saturated carbocycles. The van der Waals surface area contributed by atoms with Gasteiger partial charge in [0.2, 0.25) is 0 Å². The molecule has 0 radical (unpaired) electrons. The molecular formula is C16H24ClFN2S. The summed E-state index contributed by atoms with van der Waals surface area (Å²) in [6.45, 7) is 4.23. The third-order valence-corrected chi connectivity index (χ3v) is 5.30. The monoisotopic (exact) mass is 330 g/mol. The van der Waals surface area contributed by atoms with Crippen LogP contribution in [0.5, 0.6) is 0 Å². The van der Waals surface area contributed by atoms with Crippen molar-refractivity contribution >= 4 is 23.4 Å². The van der Waals surface area contributed by atoms with Crippen LogP contribution >= 0.6 is 23.4 Å². The number of hydrogen-bond donors (Lipinski definition) is 1. The van der Waals surface area contributed by atoms with Crippen LogP contribution in [0.1, 0.15) is 18.9 Å². The van der Waals surface area contributed by atoms with E-state index in [-0.39, 0.29) is 11.9 Å². The maximum absolute atomic E-state index is 14.1. The zero-order valence-corrected chi connectivity index (χ0v) is 14.3. The second kappa shape index (κ2) is 8.37. The predicted octanol–water partition coefficient (Wildman–Crippen LogP) is 3.44. The van der Waals surface area contributed by atoms with Crippen molar-refractivity contribution in [2.45, 2.75) is 31.8 Å². The molecule has 0 aromatic heterocycles. The largest absolute Gasteiger partial charge is 0.312 e. The van der Waals surface area contributed by atoms with Gasteiger partial charge in [-0.15, -0.1) is 0 Å². The Bertz CT molecular complexity index is 458. The van der Waals surface area contributed by atoms with Crippen molar-refractivity contribution < 1.29 is 4.39 Å². The SMILES string of the molecule is CCCNC(Cc1ccc(Cl)cc1F)C1CSCCN1C. The van der Waals surface area contributed by atoms with Crippen LogP contribution in [0.2, 0.25) is 5.02 Å². The molecule has 0 aliphatic carbocycles. The molecular weight excluding hydrogens is 307 g/mol. The fraction of sp³-hybridized carbons (Fsp3) is 0.625. The molecule has 1 aliphatic heterocycles. The van der Waals surface area contributed by atoms with Gasteiger partial charge in [0, 0.05) is 35.2 Å². The molecule has 1 aliphatic rings. The molecule has 2 atom stereocenters. The van der Waals surface area contributed by atoms with Crippen molar-refractivity contribution in [3.05, 3.63) is 34.6 Å². The summed E-state index contributed by atoms with van der Waals surface area (Å²) in [5.74, 6) is 2.09. The van der Waals surface area contributed by atoms with E-state index in [1.807, 2.05) is 17.8 Å². The van der Waals surface area contributed by atoms with E-state index in [1.165, 1.54) is 11.8 Å². The van der Waals surface area contributed by atoms with Gasteiger partial charge in [-0.05, 0) is 44.1 Å². The lowest BCUT2D eigenvalue weighted by Crippen LogP contribution is -2.53. The van der Waals surface area contributed by atoms with Gasteiger partial charge in [0.05, 0.1) is 0 Å². The van der Waals surface area contributed by atoms with Gasteiger partial charge in [0.1, 0.15) is 5.82 Å². The number of hydrogen-bond acceptors (Lipinski definition) is 3. The van der Waals surface area contributed by atoms with Gasteiger partial charge in [-0.2, -0.15) is 11.8 Å². The first-order valence-electron chi connectivity index (χ1n) is 7.57. The molecule has 1 fully saturated rings. The van der Waals surface area contributed by atoms with E-state index in [9.17, 15) is 4.39 Å². The minimum atomic E-state index is -0.197. The summed E-state index contributed by atoms with van der Waals surface area (Å²) in [5, 5.41) is 4.06. The lowest BCUT2D eigenvalue weighted by atomic mass is 9.98. The van der Waals surface area contributed by atoms with Gasteiger partial charge in [-0.1, -0.05) is 24.6 Å². The molecule has 1 saturated heterocycles. The summed E-state index contributed by atoms with van der Waals surface area (Å²) >= 11 is 7.83. The van der Waals surface area contributed by atoms with Crippen LogP contribution in [0.4, 0.5) is 4.39 Å². The molecule has 1 aromatic rings. The number of rotatable bonds is 6. The zero-order valence-electron chi connectivity index (χ0n) is 12.7. The van der Waals surface area contributed by atoms with Gasteiger partial charge >= 0.3 is 0 Å². The van der Waals surface area contributed by atoms with E-state index in [0.717, 1.165) is 30.8 Å². The first-order chi connectivity index (χ1) is 10.1. The van der Waals surface area contributed by atoms with Crippen LogP contribution in [-0.4, -0.2) is 48.6 Å². The predicted molar refractivity (Wildman–Crippen MR) is 90.9 cm³/mol. The minimum Gasteiger partial charge on any atom is -0.312 e. The average molecular weight is 331 g/mol. The smallest absolute Gasteiger partial charge is 0.127 e. The van der Waals surface area contributed by atoms with Gasteiger partial charge in [0.15, 0.2) is 0 Å². The Hall–Kier alpha value is -0.290. The molecule has 5 heteroatoms. The van der Waals surface area contributed by atoms with Gasteiger partial charge < -0.3 is 10.2 Å². The van der Waals surface area contributed by atoms with E-state index < -0.39 is 0 Å². The third-order valence-electron chi connectivity index (χ3n) is 4.02. The highest BCUT2D eigenvalue weighted by atomic mass is 35.5. The van der Waals surface area contributed by atoms with Gasteiger partial charge in [-0.25, -0.2) is 4.39 Å². The van der Waals surface area contributed by atoms with E-state index in [4.69, 9.17) is 11.6 Å². The molecule has 21 heavy (non-hydrogen) atoms. The normalized spacial score (nSPS) is 21.4. The fourth-order valence-electron chi connectivity index (χ4n) is 2.73. The fourth-order valence-corrected chi connectivity index (χ4v) is 4.20. The Morgan fingerprint density at radius 3 is 3.00 bits per heavy atom. The Labute approximate surface area is 136 Å². The maximum atomic E-state index is 14.1. The second-order valence-electron chi connectivity index (χ2n) is 5.62. The average Bonchev–Trinajstić information content (AvgIpc) is 2.46. The number of thioether (sulfide) groups is 1. The standard InChI is InChI=1S/C16H24ClFN2S/c1-3-6-19-15(16-11-21-8-7-20(16)2)9-12-4-5-13(17)10-14(12)18/h4-5,10,15-16,19H,3,6-9,11H2,1-2H3. The Balaban J connectivity index is 2.11. The summed E-state index contributed by atoms with van der Waals surface area (Å²) in [5.41, 5.74) is 0.747. The van der Waals surface area contributed by atoms with Crippen molar-refractivity contribution in [1.82, 2.24) is 10.2 Å². The quantitative estimate of drug-likeness (QED) is 0.860. The van der Waals surface area contributed by atoms with Crippen molar-refractivity contribution in [3.63, 3.8) is 0 Å². The topological polar surface area (TPSA) is 15.3 Å². The van der Waals surface area contributed by atoms with Crippen molar-refractivity contribution in [3.8, 4) is 0 Å². The van der Waals surface area contributed by atoms with Crippen LogP contribution in [0, 0.1) is 5.82 Å². The highest BCUT2D eigenvalue weighted by Gasteiger charge is 2.28. The molecule has 2 nitrogen and oxygen atoms in total. The maximum Gasteiger partial charge on any atom is 0.127 e. The van der Waals surface area contributed by atoms with Gasteiger partial charge in [0.25, 0.3) is 0 Å². The van der Waals surface area contributed by atoms with Crippen molar-refractivity contribution in [2.75, 3.05) is 31.6 Å². The van der Waals surface area contributed by atoms with E-state index in [1.54, 1.807) is 6.07 Å². The second-order valence-corrected chi connectivity index (χ2v) is 7.21. The Morgan fingerprint density at radius 2 is 2.33 bits per heavy atom. The zero-order chi connectivity index (χ0) is 15.2. The first kappa shape index (κ1) is 17.1. The summed E-state index contributed by atoms with van der Waals surface area (Å²) in [6.07, 6.45) is 1.79. The number of benzene rings is 1. The Kier molecular flexibility index (Phi) is 6.80. The third kappa shape index (κ3) is 4.85. The van der Waals surface area contributed by atoms with Crippen LogP contribution < -0.4 is 5.32 Å². The molecule has 0 spiro atoms. The molecule has 0 bridgehead atoms. The molecule has 0 amide bonds. The van der Waals surface area contributed by atoms with E-state index in [2.05, 4.69) is 24.2 Å². The van der Waals surface area contributed by atoms with Crippen molar-refractivity contribution in [1.29, 1.82) is 0 Å². The highest BCUT2D eigenvalue weighted by Crippen LogP contribution is 2.22. The summed E-state index contributed by atoms with van der Waals surface area (Å²) in [7, 11) is 2.17. The first-order valence-corrected chi connectivity index (χ1v) is 9.10. The summed E-state index contributed by atoms with van der Waals surface area (Å²) in [6, 6.07) is 5.72. The Morgan fingerprint density at radius 1 is 1.52 bits per heavy atom. The highest BCUT2D eigenvalue weighted by molar-refractivity contribution is 7.99.